The van der Waals surface area contributed by atoms with Crippen LogP contribution in [0.2, 0.25) is 0 Å². The van der Waals surface area contributed by atoms with Gasteiger partial charge < -0.3 is 56.4 Å². The SMILES string of the molecule is COc1c(NC(=O)c2ccc(NC(=O)c3ccc(NC(=O)[C@H](Cc4c[nH]nn4)NC(=O)c4ccc(NC(=O)c5c[nH]c6ccccc6c5=O)cc4)cn3)c(OC)c2O)ccc(C(=O)O)c1O. The van der Waals surface area contributed by atoms with E-state index in [2.05, 4.69) is 52.0 Å². The van der Waals surface area contributed by atoms with Crippen LogP contribution in [0.25, 0.3) is 10.9 Å². The summed E-state index contributed by atoms with van der Waals surface area (Å²) < 4.78 is 10.4. The predicted octanol–water partition coefficient (Wildman–Crippen LogP) is 3.90. The van der Waals surface area contributed by atoms with Gasteiger partial charge in [-0.15, -0.1) is 5.10 Å². The molecule has 10 N–H and O–H groups in total. The summed E-state index contributed by atoms with van der Waals surface area (Å²) in [5.41, 5.74) is -0.108. The van der Waals surface area contributed by atoms with Crippen molar-refractivity contribution in [3.8, 4) is 23.0 Å². The molecule has 3 aromatic heterocycles. The van der Waals surface area contributed by atoms with Crippen LogP contribution in [0, 0.1) is 0 Å². The topological polar surface area (TPSA) is 329 Å². The number of H-pyrrole nitrogens is 2. The van der Waals surface area contributed by atoms with Gasteiger partial charge in [0.15, 0.2) is 23.0 Å². The number of carboxylic acid groups (broad SMARTS) is 1. The maximum atomic E-state index is 13.6. The van der Waals surface area contributed by atoms with Crippen LogP contribution in [-0.4, -0.2) is 96.5 Å². The molecule has 0 aliphatic heterocycles. The number of rotatable bonds is 15. The number of aromatic carboxylic acids is 1. The van der Waals surface area contributed by atoms with Crippen molar-refractivity contribution >= 4 is 69.2 Å². The number of methoxy groups -OCH3 is 2. The maximum absolute atomic E-state index is 13.6. The fourth-order valence-corrected chi connectivity index (χ4v) is 6.54. The lowest BCUT2D eigenvalue weighted by Gasteiger charge is -2.18. The van der Waals surface area contributed by atoms with Gasteiger partial charge in [-0.3, -0.25) is 33.9 Å². The first kappa shape index (κ1) is 44.5. The van der Waals surface area contributed by atoms with Crippen molar-refractivity contribution in [2.24, 2.45) is 0 Å². The predicted molar refractivity (Wildman–Crippen MR) is 235 cm³/mol. The van der Waals surface area contributed by atoms with Gasteiger partial charge in [-0.25, -0.2) is 9.78 Å². The number of aromatic amines is 2. The van der Waals surface area contributed by atoms with Crippen LogP contribution in [0.1, 0.15) is 57.6 Å². The molecule has 0 unspecified atom stereocenters. The van der Waals surface area contributed by atoms with E-state index in [1.165, 1.54) is 80.3 Å². The molecule has 4 aromatic carbocycles. The van der Waals surface area contributed by atoms with E-state index in [1.54, 1.807) is 24.3 Å². The molecule has 0 saturated carbocycles. The molecule has 0 aliphatic carbocycles. The number of amides is 5. The fraction of sp³-hybridized carbons (Fsp3) is 0.0909. The minimum absolute atomic E-state index is 0.0553. The summed E-state index contributed by atoms with van der Waals surface area (Å²) in [6, 6.07) is 18.7. The number of pyridine rings is 2. The first-order valence-corrected chi connectivity index (χ1v) is 19.4. The summed E-state index contributed by atoms with van der Waals surface area (Å²) in [5, 5.41) is 53.9. The number of nitrogens with one attached hydrogen (secondary N) is 7. The van der Waals surface area contributed by atoms with Gasteiger partial charge in [0.25, 0.3) is 23.6 Å². The molecule has 0 fully saturated rings. The zero-order valence-corrected chi connectivity index (χ0v) is 34.5. The number of phenols is 2. The number of aromatic nitrogens is 5. The smallest absolute Gasteiger partial charge is 0.339 e. The number of phenolic OH excluding ortho intramolecular Hbond substituents is 1. The minimum atomic E-state index is -1.43. The van der Waals surface area contributed by atoms with Crippen LogP contribution < -0.4 is 41.5 Å². The Bertz CT molecular complexity index is 3080. The van der Waals surface area contributed by atoms with Crippen molar-refractivity contribution < 1.29 is 53.6 Å². The number of ether oxygens (including phenoxy) is 2. The van der Waals surface area contributed by atoms with Crippen molar-refractivity contribution in [2.75, 3.05) is 35.5 Å². The zero-order valence-electron chi connectivity index (χ0n) is 34.5. The molecule has 22 heteroatoms. The van der Waals surface area contributed by atoms with Gasteiger partial charge >= 0.3 is 5.97 Å². The Balaban J connectivity index is 0.985. The largest absolute Gasteiger partial charge is 0.504 e. The van der Waals surface area contributed by atoms with E-state index in [0.717, 1.165) is 13.2 Å². The molecule has 1 atom stereocenters. The number of carbonyl (C=O) groups is 6. The number of carbonyl (C=O) groups excluding carboxylic acids is 5. The second kappa shape index (κ2) is 19.2. The van der Waals surface area contributed by atoms with E-state index in [9.17, 15) is 48.9 Å². The Morgan fingerprint density at radius 1 is 0.682 bits per heavy atom. The van der Waals surface area contributed by atoms with Crippen LogP contribution in [0.15, 0.2) is 108 Å². The van der Waals surface area contributed by atoms with Crippen molar-refractivity contribution in [1.29, 1.82) is 0 Å². The molecule has 66 heavy (non-hydrogen) atoms. The van der Waals surface area contributed by atoms with Gasteiger partial charge in [0.05, 0.1) is 48.7 Å². The third-order valence-corrected chi connectivity index (χ3v) is 9.85. The average molecular weight is 897 g/mol. The molecule has 0 bridgehead atoms. The van der Waals surface area contributed by atoms with Gasteiger partial charge in [-0.1, -0.05) is 17.3 Å². The van der Waals surface area contributed by atoms with E-state index in [1.807, 2.05) is 0 Å². The Labute approximate surface area is 371 Å². The first-order valence-electron chi connectivity index (χ1n) is 19.4. The summed E-state index contributed by atoms with van der Waals surface area (Å²) in [6.07, 6.45) is 3.89. The number of hydrogen-bond acceptors (Lipinski definition) is 14. The summed E-state index contributed by atoms with van der Waals surface area (Å²) in [5.74, 6) is -7.11. The summed E-state index contributed by atoms with van der Waals surface area (Å²) in [6.45, 7) is 0. The van der Waals surface area contributed by atoms with Gasteiger partial charge in [-0.05, 0) is 72.8 Å². The monoisotopic (exact) mass is 896 g/mol. The third-order valence-electron chi connectivity index (χ3n) is 9.85. The highest BCUT2D eigenvalue weighted by molar-refractivity contribution is 6.10. The molecule has 3 heterocycles. The minimum Gasteiger partial charge on any atom is -0.504 e. The van der Waals surface area contributed by atoms with E-state index in [4.69, 9.17) is 9.47 Å². The zero-order chi connectivity index (χ0) is 47.1. The normalized spacial score (nSPS) is 11.2. The van der Waals surface area contributed by atoms with Crippen molar-refractivity contribution in [3.63, 3.8) is 0 Å². The summed E-state index contributed by atoms with van der Waals surface area (Å²) in [4.78, 5) is 97.7. The van der Waals surface area contributed by atoms with E-state index < -0.39 is 64.0 Å². The second-order valence-corrected chi connectivity index (χ2v) is 14.0. The molecule has 334 valence electrons. The number of benzene rings is 4. The molecule has 0 aliphatic rings. The number of carboxylic acids is 1. The van der Waals surface area contributed by atoms with Crippen LogP contribution in [0.3, 0.4) is 0 Å². The lowest BCUT2D eigenvalue weighted by atomic mass is 10.1. The number of nitrogens with zero attached hydrogens (tertiary/aromatic N) is 3. The lowest BCUT2D eigenvalue weighted by Crippen LogP contribution is -2.45. The van der Waals surface area contributed by atoms with Crippen molar-refractivity contribution in [2.45, 2.75) is 12.5 Å². The Morgan fingerprint density at radius 3 is 1.95 bits per heavy atom. The van der Waals surface area contributed by atoms with Gasteiger partial charge in [0, 0.05) is 41.0 Å². The fourth-order valence-electron chi connectivity index (χ4n) is 6.54. The molecule has 7 rings (SSSR count). The number of anilines is 4. The molecule has 0 radical (unpaired) electrons. The van der Waals surface area contributed by atoms with E-state index >= 15 is 0 Å². The summed E-state index contributed by atoms with van der Waals surface area (Å²) in [7, 11) is 2.34. The van der Waals surface area contributed by atoms with Crippen molar-refractivity contribution in [3.05, 3.63) is 147 Å². The molecule has 0 saturated heterocycles. The molecule has 7 aromatic rings. The number of fused-ring (bicyclic) bond motifs is 1. The standard InChI is InChI=1S/C44H36N10O12/c1-65-37-31(15-12-26(35(37)56)40(59)50-30-16-13-27(44(63)64)36(57)38(30)66-2)51-42(61)32-14-11-23(18-45-32)49-43(62)33(17-24-19-47-54-53-24)52-39(58)21-7-9-22(10-8-21)48-41(60)28-20-46-29-6-4-3-5-25(29)34(28)55/h3-16,18-20,33,56-57H,17H2,1-2H3,(H,46,55)(H,48,60)(H,49,62)(H,50,59)(H,51,61)(H,52,58)(H,63,64)(H,47,53,54)/t33-/m0/s1. The first-order chi connectivity index (χ1) is 31.8. The number of hydrogen-bond donors (Lipinski definition) is 10. The van der Waals surface area contributed by atoms with Crippen LogP contribution in [0.4, 0.5) is 22.7 Å². The van der Waals surface area contributed by atoms with E-state index in [-0.39, 0.29) is 57.4 Å². The molecule has 0 spiro atoms. The molecular formula is C44H36N10O12. The highest BCUT2D eigenvalue weighted by Crippen LogP contribution is 2.40. The van der Waals surface area contributed by atoms with Crippen molar-refractivity contribution in [1.82, 2.24) is 30.7 Å². The lowest BCUT2D eigenvalue weighted by molar-refractivity contribution is -0.118. The van der Waals surface area contributed by atoms with E-state index in [0.29, 0.717) is 22.3 Å². The maximum Gasteiger partial charge on any atom is 0.339 e. The van der Waals surface area contributed by atoms with Crippen LogP contribution >= 0.6 is 0 Å². The number of aromatic hydroxyl groups is 2. The Kier molecular flexibility index (Phi) is 12.9. The summed E-state index contributed by atoms with van der Waals surface area (Å²) >= 11 is 0. The van der Waals surface area contributed by atoms with Crippen LogP contribution in [0.5, 0.6) is 23.0 Å². The highest BCUT2D eigenvalue weighted by atomic mass is 16.5. The average Bonchev–Trinajstić information content (AvgIpc) is 3.83. The van der Waals surface area contributed by atoms with Gasteiger partial charge in [0.1, 0.15) is 22.9 Å². The Hall–Kier alpha value is -9.60. The van der Waals surface area contributed by atoms with Crippen LogP contribution in [-0.2, 0) is 11.2 Å². The molecule has 5 amide bonds. The Morgan fingerprint density at radius 2 is 1.32 bits per heavy atom. The highest BCUT2D eigenvalue weighted by Gasteiger charge is 2.26. The quantitative estimate of drug-likeness (QED) is 0.0698. The molecular weight excluding hydrogens is 861 g/mol. The second-order valence-electron chi connectivity index (χ2n) is 14.0. The number of para-hydroxylation sites is 1. The third kappa shape index (κ3) is 9.56. The van der Waals surface area contributed by atoms with Gasteiger partial charge in [0.2, 0.25) is 11.3 Å². The molecule has 22 nitrogen and oxygen atoms in total. The van der Waals surface area contributed by atoms with Gasteiger partial charge in [-0.2, -0.15) is 0 Å².